The summed E-state index contributed by atoms with van der Waals surface area (Å²) in [5, 5.41) is 1.16. The summed E-state index contributed by atoms with van der Waals surface area (Å²) in [6.07, 6.45) is 7.25. The maximum Gasteiger partial charge on any atom is 0.185 e. The van der Waals surface area contributed by atoms with Crippen LogP contribution in [0, 0.1) is 0 Å². The molecule has 4 heteroatoms. The molecule has 1 aromatic heterocycles. The number of hydrogen-bond donors (Lipinski definition) is 1. The van der Waals surface area contributed by atoms with Gasteiger partial charge in [0, 0.05) is 30.7 Å². The smallest absolute Gasteiger partial charge is 0.185 e. The Labute approximate surface area is 88.9 Å². The summed E-state index contributed by atoms with van der Waals surface area (Å²) < 4.78 is 0. The topological polar surface area (TPSA) is 42.1 Å². The number of thiazole rings is 1. The van der Waals surface area contributed by atoms with Crippen molar-refractivity contribution in [1.29, 1.82) is 0 Å². The molecule has 1 aromatic rings. The first-order chi connectivity index (χ1) is 6.90. The predicted molar refractivity (Wildman–Crippen MR) is 60.7 cm³/mol. The van der Waals surface area contributed by atoms with Gasteiger partial charge in [0.2, 0.25) is 0 Å². The fourth-order valence-electron chi connectivity index (χ4n) is 1.80. The van der Waals surface area contributed by atoms with Crippen LogP contribution in [-0.2, 0) is 6.54 Å². The van der Waals surface area contributed by atoms with Crippen molar-refractivity contribution in [3.05, 3.63) is 11.1 Å². The molecule has 2 heterocycles. The number of rotatable bonds is 2. The van der Waals surface area contributed by atoms with Gasteiger partial charge in [-0.25, -0.2) is 4.98 Å². The second-order valence-corrected chi connectivity index (χ2v) is 4.81. The molecule has 0 atom stereocenters. The first-order valence-corrected chi connectivity index (χ1v) is 6.11. The van der Waals surface area contributed by atoms with Crippen LogP contribution in [-0.4, -0.2) is 18.1 Å². The molecule has 0 radical (unpaired) electrons. The standard InChI is InChI=1S/C10H17N3S/c11-7-9-8-12-10(14-9)13-5-3-1-2-4-6-13/h8H,1-7,11H2. The minimum Gasteiger partial charge on any atom is -0.348 e. The molecular weight excluding hydrogens is 194 g/mol. The van der Waals surface area contributed by atoms with E-state index >= 15 is 0 Å². The van der Waals surface area contributed by atoms with E-state index in [1.807, 2.05) is 6.20 Å². The molecule has 2 N–H and O–H groups in total. The van der Waals surface area contributed by atoms with Gasteiger partial charge in [-0.3, -0.25) is 0 Å². The maximum absolute atomic E-state index is 5.58. The van der Waals surface area contributed by atoms with E-state index in [9.17, 15) is 0 Å². The Bertz CT molecular complexity index is 277. The lowest BCUT2D eigenvalue weighted by Crippen LogP contribution is -2.23. The number of anilines is 1. The third kappa shape index (κ3) is 2.25. The van der Waals surface area contributed by atoms with Gasteiger partial charge in [-0.2, -0.15) is 0 Å². The molecule has 3 nitrogen and oxygen atoms in total. The monoisotopic (exact) mass is 211 g/mol. The molecule has 0 spiro atoms. The molecule has 0 amide bonds. The zero-order valence-electron chi connectivity index (χ0n) is 8.41. The van der Waals surface area contributed by atoms with Crippen molar-refractivity contribution in [3.8, 4) is 0 Å². The summed E-state index contributed by atoms with van der Waals surface area (Å²) in [4.78, 5) is 8.00. The molecule has 1 aliphatic heterocycles. The van der Waals surface area contributed by atoms with Gasteiger partial charge in [-0.05, 0) is 12.8 Å². The van der Waals surface area contributed by atoms with Gasteiger partial charge < -0.3 is 10.6 Å². The highest BCUT2D eigenvalue weighted by atomic mass is 32.1. The van der Waals surface area contributed by atoms with Crippen LogP contribution in [0.5, 0.6) is 0 Å². The third-order valence-corrected chi connectivity index (χ3v) is 3.70. The van der Waals surface area contributed by atoms with Crippen LogP contribution in [0.4, 0.5) is 5.13 Å². The molecule has 14 heavy (non-hydrogen) atoms. The van der Waals surface area contributed by atoms with Crippen LogP contribution in [0.15, 0.2) is 6.20 Å². The SMILES string of the molecule is NCc1cnc(N2CCCCCC2)s1. The van der Waals surface area contributed by atoms with E-state index in [4.69, 9.17) is 5.73 Å². The Morgan fingerprint density at radius 2 is 2.00 bits per heavy atom. The van der Waals surface area contributed by atoms with Crippen molar-refractivity contribution >= 4 is 16.5 Å². The summed E-state index contributed by atoms with van der Waals surface area (Å²) in [6, 6.07) is 0. The van der Waals surface area contributed by atoms with Crippen molar-refractivity contribution in [2.45, 2.75) is 32.2 Å². The van der Waals surface area contributed by atoms with Gasteiger partial charge in [0.25, 0.3) is 0 Å². The second-order valence-electron chi connectivity index (χ2n) is 3.71. The first-order valence-electron chi connectivity index (χ1n) is 5.30. The van der Waals surface area contributed by atoms with Crippen molar-refractivity contribution in [3.63, 3.8) is 0 Å². The molecule has 0 aromatic carbocycles. The van der Waals surface area contributed by atoms with Gasteiger partial charge in [0.15, 0.2) is 5.13 Å². The molecule has 1 fully saturated rings. The number of nitrogens with two attached hydrogens (primary N) is 1. The summed E-state index contributed by atoms with van der Waals surface area (Å²) in [7, 11) is 0. The lowest BCUT2D eigenvalue weighted by molar-refractivity contribution is 0.726. The predicted octanol–water partition coefficient (Wildman–Crippen LogP) is 1.98. The lowest BCUT2D eigenvalue weighted by atomic mass is 10.2. The van der Waals surface area contributed by atoms with Gasteiger partial charge in [-0.1, -0.05) is 12.8 Å². The van der Waals surface area contributed by atoms with E-state index in [1.54, 1.807) is 11.3 Å². The highest BCUT2D eigenvalue weighted by molar-refractivity contribution is 7.15. The summed E-state index contributed by atoms with van der Waals surface area (Å²) in [5.74, 6) is 0. The zero-order chi connectivity index (χ0) is 9.80. The van der Waals surface area contributed by atoms with E-state index in [0.717, 1.165) is 18.2 Å². The fourth-order valence-corrected chi connectivity index (χ4v) is 2.64. The van der Waals surface area contributed by atoms with E-state index < -0.39 is 0 Å². The van der Waals surface area contributed by atoms with Crippen LogP contribution in [0.3, 0.4) is 0 Å². The second kappa shape index (κ2) is 4.75. The minimum atomic E-state index is 0.617. The largest absolute Gasteiger partial charge is 0.348 e. The average Bonchev–Trinajstić information content (AvgIpc) is 2.53. The van der Waals surface area contributed by atoms with Crippen molar-refractivity contribution < 1.29 is 0 Å². The van der Waals surface area contributed by atoms with E-state index in [-0.39, 0.29) is 0 Å². The average molecular weight is 211 g/mol. The highest BCUT2D eigenvalue weighted by Crippen LogP contribution is 2.24. The summed E-state index contributed by atoms with van der Waals surface area (Å²) in [5.41, 5.74) is 5.58. The number of aromatic nitrogens is 1. The van der Waals surface area contributed by atoms with Gasteiger partial charge in [0.1, 0.15) is 0 Å². The third-order valence-electron chi connectivity index (χ3n) is 2.62. The van der Waals surface area contributed by atoms with Gasteiger partial charge >= 0.3 is 0 Å². The first kappa shape index (κ1) is 9.93. The number of hydrogen-bond acceptors (Lipinski definition) is 4. The minimum absolute atomic E-state index is 0.617. The summed E-state index contributed by atoms with van der Waals surface area (Å²) >= 11 is 1.74. The molecular formula is C10H17N3S. The summed E-state index contributed by atoms with van der Waals surface area (Å²) in [6.45, 7) is 2.94. The molecule has 0 unspecified atom stereocenters. The molecule has 2 rings (SSSR count). The van der Waals surface area contributed by atoms with Crippen molar-refractivity contribution in [2.75, 3.05) is 18.0 Å². The van der Waals surface area contributed by atoms with Crippen LogP contribution in [0.2, 0.25) is 0 Å². The molecule has 0 aliphatic carbocycles. The van der Waals surface area contributed by atoms with E-state index in [0.29, 0.717) is 6.54 Å². The molecule has 1 aliphatic rings. The maximum atomic E-state index is 5.58. The molecule has 0 bridgehead atoms. The van der Waals surface area contributed by atoms with Crippen LogP contribution >= 0.6 is 11.3 Å². The van der Waals surface area contributed by atoms with Crippen LogP contribution < -0.4 is 10.6 Å². The fraction of sp³-hybridized carbons (Fsp3) is 0.700. The van der Waals surface area contributed by atoms with Crippen molar-refractivity contribution in [2.24, 2.45) is 5.73 Å². The van der Waals surface area contributed by atoms with Crippen LogP contribution in [0.25, 0.3) is 0 Å². The normalized spacial score (nSPS) is 18.2. The highest BCUT2D eigenvalue weighted by Gasteiger charge is 2.12. The van der Waals surface area contributed by atoms with E-state index in [2.05, 4.69) is 9.88 Å². The van der Waals surface area contributed by atoms with E-state index in [1.165, 1.54) is 30.6 Å². The molecule has 0 saturated carbocycles. The lowest BCUT2D eigenvalue weighted by Gasteiger charge is -2.18. The number of nitrogens with zero attached hydrogens (tertiary/aromatic N) is 2. The Balaban J connectivity index is 2.04. The van der Waals surface area contributed by atoms with Crippen molar-refractivity contribution in [1.82, 2.24) is 4.98 Å². The molecule has 78 valence electrons. The Kier molecular flexibility index (Phi) is 3.37. The zero-order valence-corrected chi connectivity index (χ0v) is 9.22. The Morgan fingerprint density at radius 3 is 2.57 bits per heavy atom. The van der Waals surface area contributed by atoms with Gasteiger partial charge in [0.05, 0.1) is 0 Å². The quantitative estimate of drug-likeness (QED) is 0.813. The Morgan fingerprint density at radius 1 is 1.29 bits per heavy atom. The molecule has 1 saturated heterocycles. The van der Waals surface area contributed by atoms with Crippen LogP contribution in [0.1, 0.15) is 30.6 Å². The Hall–Kier alpha value is -0.610. The van der Waals surface area contributed by atoms with Gasteiger partial charge in [-0.15, -0.1) is 11.3 Å².